The summed E-state index contributed by atoms with van der Waals surface area (Å²) in [6.07, 6.45) is 1.05. The Morgan fingerprint density at radius 3 is 2.93 bits per heavy atom. The third kappa shape index (κ3) is 2.63. The average molecular weight is 247 g/mol. The molecule has 0 saturated heterocycles. The van der Waals surface area contributed by atoms with Crippen molar-refractivity contribution in [3.8, 4) is 5.75 Å². The van der Waals surface area contributed by atoms with Gasteiger partial charge in [0.05, 0.1) is 5.75 Å². The second kappa shape index (κ2) is 3.68. The van der Waals surface area contributed by atoms with Gasteiger partial charge in [-0.25, -0.2) is 8.42 Å². The molecular weight excluding hydrogens is 236 g/mol. The predicted octanol–water partition coefficient (Wildman–Crippen LogP) is 2.08. The summed E-state index contributed by atoms with van der Waals surface area (Å²) in [5, 5.41) is 0. The molecule has 15 heavy (non-hydrogen) atoms. The zero-order valence-electron chi connectivity index (χ0n) is 8.23. The van der Waals surface area contributed by atoms with Crippen molar-refractivity contribution in [3.05, 3.63) is 29.3 Å². The minimum Gasteiger partial charge on any atom is -0.490 e. The third-order valence-electron chi connectivity index (χ3n) is 2.31. The van der Waals surface area contributed by atoms with E-state index in [4.69, 9.17) is 15.4 Å². The monoisotopic (exact) mass is 246 g/mol. The van der Waals surface area contributed by atoms with Gasteiger partial charge in [-0.3, -0.25) is 0 Å². The number of rotatable bonds is 2. The molecule has 1 heterocycles. The van der Waals surface area contributed by atoms with Crippen molar-refractivity contribution >= 4 is 19.7 Å². The lowest BCUT2D eigenvalue weighted by atomic mass is 10.1. The highest BCUT2D eigenvalue weighted by Gasteiger charge is 2.19. The van der Waals surface area contributed by atoms with Crippen LogP contribution in [0.3, 0.4) is 0 Å². The number of halogens is 1. The molecule has 1 aromatic carbocycles. The van der Waals surface area contributed by atoms with Crippen LogP contribution >= 0.6 is 10.7 Å². The molecule has 0 bridgehead atoms. The number of ether oxygens (including phenoxy) is 1. The van der Waals surface area contributed by atoms with Gasteiger partial charge in [0.2, 0.25) is 9.05 Å². The normalized spacial score (nSPS) is 19.7. The van der Waals surface area contributed by atoms with Crippen molar-refractivity contribution in [2.75, 3.05) is 0 Å². The molecule has 2 rings (SSSR count). The number of hydrogen-bond donors (Lipinski definition) is 0. The maximum absolute atomic E-state index is 10.9. The molecule has 0 radical (unpaired) electrons. The van der Waals surface area contributed by atoms with E-state index in [1.807, 2.05) is 13.0 Å². The smallest absolute Gasteiger partial charge is 0.236 e. The molecule has 0 saturated carbocycles. The average Bonchev–Trinajstić information content (AvgIpc) is 2.40. The van der Waals surface area contributed by atoms with Crippen molar-refractivity contribution in [3.63, 3.8) is 0 Å². The van der Waals surface area contributed by atoms with Gasteiger partial charge in [-0.1, -0.05) is 12.1 Å². The number of benzene rings is 1. The zero-order chi connectivity index (χ0) is 11.1. The molecule has 3 nitrogen and oxygen atoms in total. The van der Waals surface area contributed by atoms with Crippen LogP contribution in [0.1, 0.15) is 18.1 Å². The Balaban J connectivity index is 2.28. The first-order valence-corrected chi connectivity index (χ1v) is 7.13. The van der Waals surface area contributed by atoms with Crippen LogP contribution in [0.2, 0.25) is 0 Å². The lowest BCUT2D eigenvalue weighted by molar-refractivity contribution is 0.254. The van der Waals surface area contributed by atoms with Gasteiger partial charge in [-0.05, 0) is 24.1 Å². The van der Waals surface area contributed by atoms with Crippen molar-refractivity contribution in [1.82, 2.24) is 0 Å². The van der Waals surface area contributed by atoms with E-state index in [1.54, 1.807) is 12.1 Å². The number of fused-ring (bicyclic) bond motifs is 1. The first-order valence-electron chi connectivity index (χ1n) is 4.65. The highest BCUT2D eigenvalue weighted by atomic mass is 35.7. The molecule has 0 N–H and O–H groups in total. The Morgan fingerprint density at radius 2 is 2.27 bits per heavy atom. The molecule has 1 aromatic rings. The van der Waals surface area contributed by atoms with Gasteiger partial charge in [0.25, 0.3) is 0 Å². The maximum atomic E-state index is 10.9. The van der Waals surface area contributed by atoms with E-state index in [2.05, 4.69) is 0 Å². The van der Waals surface area contributed by atoms with Crippen LogP contribution in [0.25, 0.3) is 0 Å². The summed E-state index contributed by atoms with van der Waals surface area (Å²) in [6.45, 7) is 1.98. The topological polar surface area (TPSA) is 43.4 Å². The van der Waals surface area contributed by atoms with Crippen molar-refractivity contribution in [2.24, 2.45) is 0 Å². The Bertz CT molecular complexity index is 481. The molecule has 0 aliphatic carbocycles. The van der Waals surface area contributed by atoms with Gasteiger partial charge in [-0.15, -0.1) is 0 Å². The lowest BCUT2D eigenvalue weighted by Crippen LogP contribution is -2.05. The minimum absolute atomic E-state index is 0.153. The van der Waals surface area contributed by atoms with Crippen LogP contribution in [0, 0.1) is 0 Å². The summed E-state index contributed by atoms with van der Waals surface area (Å²) in [7, 11) is 1.69. The van der Waals surface area contributed by atoms with Crippen LogP contribution in [0.5, 0.6) is 5.75 Å². The molecule has 0 aromatic heterocycles. The standard InChI is InChI=1S/C10H11ClO3S/c1-7-4-9-3-2-8(5-10(9)14-7)6-15(11,12)13/h2-3,5,7H,4,6H2,1H3. The Hall–Kier alpha value is -0.740. The first kappa shape index (κ1) is 10.8. The largest absolute Gasteiger partial charge is 0.490 e. The fraction of sp³-hybridized carbons (Fsp3) is 0.400. The van der Waals surface area contributed by atoms with E-state index < -0.39 is 9.05 Å². The fourth-order valence-electron chi connectivity index (χ4n) is 1.73. The molecule has 0 amide bonds. The summed E-state index contributed by atoms with van der Waals surface area (Å²) < 4.78 is 27.3. The van der Waals surface area contributed by atoms with Crippen LogP contribution in [0.4, 0.5) is 0 Å². The van der Waals surface area contributed by atoms with Crippen molar-refractivity contribution in [2.45, 2.75) is 25.2 Å². The maximum Gasteiger partial charge on any atom is 0.236 e. The van der Waals surface area contributed by atoms with Crippen LogP contribution in [0.15, 0.2) is 18.2 Å². The summed E-state index contributed by atoms with van der Waals surface area (Å²) >= 11 is 0. The number of hydrogen-bond acceptors (Lipinski definition) is 3. The highest BCUT2D eigenvalue weighted by Crippen LogP contribution is 2.30. The molecule has 82 valence electrons. The van der Waals surface area contributed by atoms with E-state index in [0.717, 1.165) is 17.7 Å². The van der Waals surface area contributed by atoms with E-state index in [9.17, 15) is 8.42 Å². The molecule has 0 spiro atoms. The van der Waals surface area contributed by atoms with Gasteiger partial charge in [0.1, 0.15) is 11.9 Å². The Kier molecular flexibility index (Phi) is 2.64. The van der Waals surface area contributed by atoms with Gasteiger partial charge in [-0.2, -0.15) is 0 Å². The quantitative estimate of drug-likeness (QED) is 0.751. The lowest BCUT2D eigenvalue weighted by Gasteiger charge is -2.04. The van der Waals surface area contributed by atoms with Gasteiger partial charge >= 0.3 is 0 Å². The predicted molar refractivity (Wildman–Crippen MR) is 58.7 cm³/mol. The minimum atomic E-state index is -3.49. The zero-order valence-corrected chi connectivity index (χ0v) is 9.81. The molecule has 1 aliphatic heterocycles. The molecule has 0 fully saturated rings. The molecule has 5 heteroatoms. The second-order valence-electron chi connectivity index (χ2n) is 3.76. The van der Waals surface area contributed by atoms with Crippen molar-refractivity contribution < 1.29 is 13.2 Å². The van der Waals surface area contributed by atoms with Gasteiger partial charge in [0, 0.05) is 17.1 Å². The van der Waals surface area contributed by atoms with Crippen molar-refractivity contribution in [1.29, 1.82) is 0 Å². The molecule has 1 atom stereocenters. The van der Waals surface area contributed by atoms with E-state index in [-0.39, 0.29) is 11.9 Å². The van der Waals surface area contributed by atoms with Crippen LogP contribution in [-0.2, 0) is 21.2 Å². The summed E-state index contributed by atoms with van der Waals surface area (Å²) in [5.74, 6) is 0.625. The first-order chi connectivity index (χ1) is 6.94. The van der Waals surface area contributed by atoms with E-state index in [1.165, 1.54) is 0 Å². The summed E-state index contributed by atoms with van der Waals surface area (Å²) in [5.41, 5.74) is 1.79. The van der Waals surface area contributed by atoms with E-state index in [0.29, 0.717) is 5.56 Å². The van der Waals surface area contributed by atoms with Gasteiger partial charge < -0.3 is 4.74 Å². The third-order valence-corrected chi connectivity index (χ3v) is 3.31. The fourth-order valence-corrected chi connectivity index (χ4v) is 2.69. The summed E-state index contributed by atoms with van der Waals surface area (Å²) in [6, 6.07) is 5.43. The highest BCUT2D eigenvalue weighted by molar-refractivity contribution is 8.13. The second-order valence-corrected chi connectivity index (χ2v) is 6.53. The molecular formula is C10H11ClO3S. The molecule has 1 unspecified atom stereocenters. The Labute approximate surface area is 93.4 Å². The Morgan fingerprint density at radius 1 is 1.53 bits per heavy atom. The van der Waals surface area contributed by atoms with Crippen LogP contribution in [-0.4, -0.2) is 14.5 Å². The van der Waals surface area contributed by atoms with Gasteiger partial charge in [0.15, 0.2) is 0 Å². The summed E-state index contributed by atoms with van der Waals surface area (Å²) in [4.78, 5) is 0. The van der Waals surface area contributed by atoms with E-state index >= 15 is 0 Å². The molecule has 1 aliphatic rings. The van der Waals surface area contributed by atoms with Crippen LogP contribution < -0.4 is 4.74 Å². The SMILES string of the molecule is CC1Cc2ccc(CS(=O)(=O)Cl)cc2O1.